The van der Waals surface area contributed by atoms with Crippen molar-refractivity contribution >= 4 is 17.9 Å². The van der Waals surface area contributed by atoms with Gasteiger partial charge >= 0.3 is 0 Å². The Bertz CT molecular complexity index is 1220. The molecule has 0 amide bonds. The van der Waals surface area contributed by atoms with Gasteiger partial charge in [0.2, 0.25) is 0 Å². The Hall–Kier alpha value is -3.71. The molecule has 1 nitrogen and oxygen atoms in total. The van der Waals surface area contributed by atoms with Gasteiger partial charge in [0, 0.05) is 12.1 Å². The van der Waals surface area contributed by atoms with Crippen molar-refractivity contribution in [2.75, 3.05) is 0 Å². The first kappa shape index (κ1) is 17.4. The van der Waals surface area contributed by atoms with Gasteiger partial charge in [0.15, 0.2) is 0 Å². The van der Waals surface area contributed by atoms with E-state index in [2.05, 4.69) is 97.1 Å². The molecule has 1 aliphatic rings. The van der Waals surface area contributed by atoms with E-state index < -0.39 is 0 Å². The molecule has 5 rings (SSSR count). The van der Waals surface area contributed by atoms with Crippen LogP contribution in [-0.4, -0.2) is 6.21 Å². The zero-order valence-corrected chi connectivity index (χ0v) is 16.0. The van der Waals surface area contributed by atoms with Gasteiger partial charge in [0.1, 0.15) is 0 Å². The van der Waals surface area contributed by atoms with Crippen LogP contribution in [0.3, 0.4) is 0 Å². The van der Waals surface area contributed by atoms with Crippen LogP contribution in [0.15, 0.2) is 103 Å². The van der Waals surface area contributed by atoms with Crippen molar-refractivity contribution in [2.45, 2.75) is 5.92 Å². The molecule has 0 aliphatic heterocycles. The highest BCUT2D eigenvalue weighted by molar-refractivity contribution is 5.96. The second-order valence-electron chi connectivity index (χ2n) is 7.35. The van der Waals surface area contributed by atoms with E-state index in [0.29, 0.717) is 0 Å². The van der Waals surface area contributed by atoms with Crippen molar-refractivity contribution in [3.05, 3.63) is 131 Å². The van der Waals surface area contributed by atoms with E-state index in [9.17, 15) is 0 Å². The van der Waals surface area contributed by atoms with Gasteiger partial charge in [-0.15, -0.1) is 0 Å². The Labute approximate surface area is 171 Å². The van der Waals surface area contributed by atoms with E-state index in [-0.39, 0.29) is 5.92 Å². The topological polar surface area (TPSA) is 23.9 Å². The average Bonchev–Trinajstić information content (AvgIpc) is 3.19. The summed E-state index contributed by atoms with van der Waals surface area (Å²) in [5, 5.41) is 7.87. The fraction of sp³-hybridized carbons (Fsp3) is 0.0357. The van der Waals surface area contributed by atoms with Crippen LogP contribution in [0.2, 0.25) is 0 Å². The summed E-state index contributed by atoms with van der Waals surface area (Å²) in [4.78, 5) is 0. The lowest BCUT2D eigenvalue weighted by atomic mass is 9.81. The highest BCUT2D eigenvalue weighted by Gasteiger charge is 2.29. The summed E-state index contributed by atoms with van der Waals surface area (Å²) in [5.74, 6) is 0.170. The second-order valence-corrected chi connectivity index (χ2v) is 7.35. The molecular formula is C28H21N. The van der Waals surface area contributed by atoms with Crippen molar-refractivity contribution in [2.24, 2.45) is 0 Å². The highest BCUT2D eigenvalue weighted by atomic mass is 14.3. The van der Waals surface area contributed by atoms with Crippen LogP contribution in [0.4, 0.5) is 0 Å². The summed E-state index contributed by atoms with van der Waals surface area (Å²) in [5.41, 5.74) is 9.72. The van der Waals surface area contributed by atoms with Crippen molar-refractivity contribution in [1.29, 1.82) is 5.41 Å². The number of hydrogen-bond acceptors (Lipinski definition) is 1. The first-order valence-electron chi connectivity index (χ1n) is 9.91. The lowest BCUT2D eigenvalue weighted by Crippen LogP contribution is -2.04. The number of rotatable bonds is 4. The minimum Gasteiger partial charge on any atom is -0.308 e. The van der Waals surface area contributed by atoms with Gasteiger partial charge < -0.3 is 5.41 Å². The van der Waals surface area contributed by atoms with Crippen molar-refractivity contribution in [3.63, 3.8) is 0 Å². The van der Waals surface area contributed by atoms with Gasteiger partial charge in [-0.05, 0) is 50.6 Å². The van der Waals surface area contributed by atoms with Crippen LogP contribution >= 0.6 is 0 Å². The van der Waals surface area contributed by atoms with Gasteiger partial charge in [0.05, 0.1) is 0 Å². The molecule has 4 aromatic rings. The van der Waals surface area contributed by atoms with E-state index in [4.69, 9.17) is 5.41 Å². The first-order chi connectivity index (χ1) is 14.4. The zero-order valence-electron chi connectivity index (χ0n) is 16.0. The minimum absolute atomic E-state index is 0.170. The second kappa shape index (κ2) is 7.37. The molecule has 0 heterocycles. The number of nitrogens with one attached hydrogen (secondary N) is 1. The molecule has 0 aromatic heterocycles. The van der Waals surface area contributed by atoms with E-state index in [1.54, 1.807) is 0 Å². The van der Waals surface area contributed by atoms with E-state index in [1.807, 2.05) is 12.1 Å². The molecule has 1 heteroatoms. The number of allylic oxidation sites excluding steroid dienone is 1. The predicted molar refractivity (Wildman–Crippen MR) is 122 cm³/mol. The third-order valence-electron chi connectivity index (χ3n) is 5.71. The first-order valence-corrected chi connectivity index (χ1v) is 9.91. The Morgan fingerprint density at radius 3 is 2.00 bits per heavy atom. The average molecular weight is 371 g/mol. The number of fused-ring (bicyclic) bond motifs is 1. The molecule has 138 valence electrons. The predicted octanol–water partition coefficient (Wildman–Crippen LogP) is 7.04. The van der Waals surface area contributed by atoms with Crippen molar-refractivity contribution in [3.8, 4) is 11.1 Å². The molecule has 0 bridgehead atoms. The molecule has 0 fully saturated rings. The molecule has 0 spiro atoms. The normalized spacial score (nSPS) is 14.9. The highest BCUT2D eigenvalue weighted by Crippen LogP contribution is 2.48. The van der Waals surface area contributed by atoms with Gasteiger partial charge in [-0.2, -0.15) is 0 Å². The molecule has 1 atom stereocenters. The summed E-state index contributed by atoms with van der Waals surface area (Å²) >= 11 is 0. The molecule has 29 heavy (non-hydrogen) atoms. The number of benzene rings is 4. The third kappa shape index (κ3) is 3.01. The van der Waals surface area contributed by atoms with Gasteiger partial charge in [0.25, 0.3) is 0 Å². The standard InChI is InChI=1S/C28H21N/c29-19-22-13-5-6-14-23(22)25-16-8-9-17-26(25)28-24-15-7-4-12-21(24)18-27(28)20-10-2-1-3-11-20/h1-19,28-29H. The minimum atomic E-state index is 0.170. The van der Waals surface area contributed by atoms with Crippen LogP contribution in [0.25, 0.3) is 22.8 Å². The van der Waals surface area contributed by atoms with E-state index in [1.165, 1.54) is 39.6 Å². The maximum absolute atomic E-state index is 7.87. The summed E-state index contributed by atoms with van der Waals surface area (Å²) in [6.07, 6.45) is 3.78. The van der Waals surface area contributed by atoms with Crippen LogP contribution in [0.5, 0.6) is 0 Å². The Morgan fingerprint density at radius 1 is 0.586 bits per heavy atom. The van der Waals surface area contributed by atoms with Crippen LogP contribution in [-0.2, 0) is 0 Å². The monoisotopic (exact) mass is 371 g/mol. The van der Waals surface area contributed by atoms with Gasteiger partial charge in [-0.1, -0.05) is 103 Å². The molecule has 4 aromatic carbocycles. The molecule has 1 unspecified atom stereocenters. The van der Waals surface area contributed by atoms with Crippen molar-refractivity contribution < 1.29 is 0 Å². The SMILES string of the molecule is N=Cc1ccccc1-c1ccccc1C1C(c2ccccc2)=Cc2ccccc21. The molecule has 0 saturated carbocycles. The van der Waals surface area contributed by atoms with Crippen LogP contribution < -0.4 is 0 Å². The van der Waals surface area contributed by atoms with E-state index in [0.717, 1.165) is 11.1 Å². The fourth-order valence-electron chi connectivity index (χ4n) is 4.40. The lowest BCUT2D eigenvalue weighted by molar-refractivity contribution is 1.07. The summed E-state index contributed by atoms with van der Waals surface area (Å²) in [6.45, 7) is 0. The Balaban J connectivity index is 1.75. The molecule has 0 radical (unpaired) electrons. The number of hydrogen-bond donors (Lipinski definition) is 1. The quantitative estimate of drug-likeness (QED) is 0.372. The zero-order chi connectivity index (χ0) is 19.6. The molecular weight excluding hydrogens is 350 g/mol. The Morgan fingerprint density at radius 2 is 1.21 bits per heavy atom. The van der Waals surface area contributed by atoms with Gasteiger partial charge in [-0.3, -0.25) is 0 Å². The largest absolute Gasteiger partial charge is 0.308 e. The smallest absolute Gasteiger partial charge is 0.0358 e. The molecule has 0 saturated heterocycles. The van der Waals surface area contributed by atoms with Crippen LogP contribution in [0.1, 0.15) is 33.7 Å². The van der Waals surface area contributed by atoms with Crippen molar-refractivity contribution in [1.82, 2.24) is 0 Å². The maximum atomic E-state index is 7.87. The maximum Gasteiger partial charge on any atom is 0.0358 e. The molecule has 1 aliphatic carbocycles. The van der Waals surface area contributed by atoms with E-state index >= 15 is 0 Å². The van der Waals surface area contributed by atoms with Crippen LogP contribution in [0, 0.1) is 5.41 Å². The third-order valence-corrected chi connectivity index (χ3v) is 5.71. The summed E-state index contributed by atoms with van der Waals surface area (Å²) in [6, 6.07) is 36.1. The van der Waals surface area contributed by atoms with Gasteiger partial charge in [-0.25, -0.2) is 0 Å². The Kier molecular flexibility index (Phi) is 4.42. The fourth-order valence-corrected chi connectivity index (χ4v) is 4.40. The summed E-state index contributed by atoms with van der Waals surface area (Å²) < 4.78 is 0. The summed E-state index contributed by atoms with van der Waals surface area (Å²) in [7, 11) is 0. The molecule has 1 N–H and O–H groups in total. The lowest BCUT2D eigenvalue weighted by Gasteiger charge is -2.22.